The molecule has 4 nitrogen and oxygen atoms in total. The van der Waals surface area contributed by atoms with Crippen molar-refractivity contribution >= 4 is 5.91 Å². The number of fused-ring (bicyclic) bond motifs is 1. The highest BCUT2D eigenvalue weighted by atomic mass is 16.5. The van der Waals surface area contributed by atoms with Crippen LogP contribution in [0.2, 0.25) is 0 Å². The van der Waals surface area contributed by atoms with E-state index in [0.29, 0.717) is 5.92 Å². The number of nitrogens with one attached hydrogen (secondary N) is 1. The van der Waals surface area contributed by atoms with Gasteiger partial charge in [-0.3, -0.25) is 4.79 Å². The van der Waals surface area contributed by atoms with E-state index in [0.717, 1.165) is 51.1 Å². The fourth-order valence-electron chi connectivity index (χ4n) is 3.46. The second-order valence-corrected chi connectivity index (χ2v) is 6.67. The number of aryl methyl sites for hydroxylation is 1. The summed E-state index contributed by atoms with van der Waals surface area (Å²) in [6.07, 6.45) is 4.40. The summed E-state index contributed by atoms with van der Waals surface area (Å²) >= 11 is 0. The highest BCUT2D eigenvalue weighted by Crippen LogP contribution is 2.26. The van der Waals surface area contributed by atoms with Crippen molar-refractivity contribution in [2.45, 2.75) is 32.2 Å². The van der Waals surface area contributed by atoms with E-state index in [2.05, 4.69) is 17.4 Å². The number of ether oxygens (including phenoxy) is 1. The highest BCUT2D eigenvalue weighted by molar-refractivity contribution is 5.94. The molecular formula is C18H26N2O2. The second kappa shape index (κ2) is 6.80. The van der Waals surface area contributed by atoms with Crippen LogP contribution < -0.4 is 5.32 Å². The summed E-state index contributed by atoms with van der Waals surface area (Å²) in [5.74, 6) is 0.784. The van der Waals surface area contributed by atoms with Gasteiger partial charge < -0.3 is 15.0 Å². The minimum Gasteiger partial charge on any atom is -0.381 e. The summed E-state index contributed by atoms with van der Waals surface area (Å²) in [5, 5.41) is 3.46. The summed E-state index contributed by atoms with van der Waals surface area (Å²) in [5.41, 5.74) is 4.95. The molecule has 0 spiro atoms. The van der Waals surface area contributed by atoms with Crippen molar-refractivity contribution in [1.29, 1.82) is 0 Å². The third-order valence-corrected chi connectivity index (χ3v) is 4.81. The van der Waals surface area contributed by atoms with Gasteiger partial charge in [0.15, 0.2) is 0 Å². The van der Waals surface area contributed by atoms with Crippen molar-refractivity contribution in [2.75, 3.05) is 33.9 Å². The molecule has 1 aromatic carbocycles. The van der Waals surface area contributed by atoms with Gasteiger partial charge in [0, 0.05) is 39.4 Å². The van der Waals surface area contributed by atoms with Crippen molar-refractivity contribution < 1.29 is 9.53 Å². The van der Waals surface area contributed by atoms with Gasteiger partial charge in [0.25, 0.3) is 5.91 Å². The van der Waals surface area contributed by atoms with E-state index in [1.54, 1.807) is 4.90 Å². The zero-order chi connectivity index (χ0) is 15.5. The third kappa shape index (κ3) is 3.33. The predicted octanol–water partition coefficient (Wildman–Crippen LogP) is 2.00. The molecule has 0 unspecified atom stereocenters. The Morgan fingerprint density at radius 2 is 2.27 bits per heavy atom. The van der Waals surface area contributed by atoms with Crippen LogP contribution in [0.5, 0.6) is 0 Å². The van der Waals surface area contributed by atoms with Crippen LogP contribution >= 0.6 is 0 Å². The quantitative estimate of drug-likeness (QED) is 0.925. The van der Waals surface area contributed by atoms with Gasteiger partial charge in [-0.15, -0.1) is 0 Å². The van der Waals surface area contributed by atoms with Gasteiger partial charge in [-0.05, 0) is 67.0 Å². The molecule has 0 saturated carbocycles. The summed E-state index contributed by atoms with van der Waals surface area (Å²) < 4.78 is 5.48. The van der Waals surface area contributed by atoms with Crippen molar-refractivity contribution in [3.63, 3.8) is 0 Å². The topological polar surface area (TPSA) is 41.6 Å². The Morgan fingerprint density at radius 3 is 3.00 bits per heavy atom. The first-order chi connectivity index (χ1) is 10.6. The van der Waals surface area contributed by atoms with Gasteiger partial charge in [-0.25, -0.2) is 0 Å². The fraction of sp³-hybridized carbons (Fsp3) is 0.611. The fourth-order valence-corrected chi connectivity index (χ4v) is 3.46. The largest absolute Gasteiger partial charge is 0.381 e. The Bertz CT molecular complexity index is 548. The van der Waals surface area contributed by atoms with Gasteiger partial charge in [0.2, 0.25) is 0 Å². The highest BCUT2D eigenvalue weighted by Gasteiger charge is 2.20. The Balaban J connectivity index is 1.84. The Labute approximate surface area is 132 Å². The van der Waals surface area contributed by atoms with E-state index in [9.17, 15) is 4.79 Å². The van der Waals surface area contributed by atoms with Gasteiger partial charge >= 0.3 is 0 Å². The van der Waals surface area contributed by atoms with Gasteiger partial charge in [-0.2, -0.15) is 0 Å². The Hall–Kier alpha value is -1.39. The van der Waals surface area contributed by atoms with E-state index in [4.69, 9.17) is 4.74 Å². The van der Waals surface area contributed by atoms with Crippen molar-refractivity contribution in [1.82, 2.24) is 10.2 Å². The molecule has 1 N–H and O–H groups in total. The predicted molar refractivity (Wildman–Crippen MR) is 87.1 cm³/mol. The van der Waals surface area contributed by atoms with Gasteiger partial charge in [0.05, 0.1) is 0 Å². The van der Waals surface area contributed by atoms with Crippen LogP contribution in [-0.4, -0.2) is 44.7 Å². The number of benzene rings is 1. The molecule has 0 radical (unpaired) electrons. The molecule has 2 aliphatic rings. The molecule has 4 heteroatoms. The Morgan fingerprint density at radius 1 is 1.41 bits per heavy atom. The first-order valence-electron chi connectivity index (χ1n) is 8.30. The molecule has 1 amide bonds. The maximum absolute atomic E-state index is 12.3. The molecule has 3 rings (SSSR count). The number of carbonyl (C=O) groups excluding carboxylic acids is 1. The first kappa shape index (κ1) is 15.5. The Kier molecular flexibility index (Phi) is 4.79. The van der Waals surface area contributed by atoms with Crippen LogP contribution in [0.25, 0.3) is 0 Å². The molecule has 2 aliphatic heterocycles. The zero-order valence-corrected chi connectivity index (χ0v) is 13.7. The van der Waals surface area contributed by atoms with Gasteiger partial charge in [-0.1, -0.05) is 0 Å². The zero-order valence-electron chi connectivity index (χ0n) is 13.7. The molecule has 0 aromatic heterocycles. The van der Waals surface area contributed by atoms with E-state index in [-0.39, 0.29) is 5.91 Å². The molecule has 0 bridgehead atoms. The number of amides is 1. The minimum atomic E-state index is 0.104. The van der Waals surface area contributed by atoms with E-state index in [1.165, 1.54) is 23.1 Å². The van der Waals surface area contributed by atoms with Crippen LogP contribution in [0.1, 0.15) is 39.9 Å². The van der Waals surface area contributed by atoms with Crippen LogP contribution in [-0.2, 0) is 24.1 Å². The lowest BCUT2D eigenvalue weighted by molar-refractivity contribution is 0.0827. The van der Waals surface area contributed by atoms with E-state index < -0.39 is 0 Å². The molecule has 22 heavy (non-hydrogen) atoms. The summed E-state index contributed by atoms with van der Waals surface area (Å²) in [7, 11) is 3.64. The van der Waals surface area contributed by atoms with Crippen LogP contribution in [0.4, 0.5) is 0 Å². The maximum Gasteiger partial charge on any atom is 0.253 e. The number of nitrogens with zero attached hydrogens (tertiary/aromatic N) is 1. The number of hydrogen-bond donors (Lipinski definition) is 1. The van der Waals surface area contributed by atoms with Crippen molar-refractivity contribution in [2.24, 2.45) is 5.92 Å². The molecule has 1 aromatic rings. The molecule has 1 atom stereocenters. The monoisotopic (exact) mass is 302 g/mol. The molecule has 120 valence electrons. The third-order valence-electron chi connectivity index (χ3n) is 4.81. The van der Waals surface area contributed by atoms with E-state index in [1.807, 2.05) is 14.1 Å². The van der Waals surface area contributed by atoms with Crippen LogP contribution in [0, 0.1) is 5.92 Å². The lowest BCUT2D eigenvalue weighted by Gasteiger charge is -2.23. The average molecular weight is 302 g/mol. The van der Waals surface area contributed by atoms with Crippen molar-refractivity contribution in [3.8, 4) is 0 Å². The lowest BCUT2D eigenvalue weighted by Crippen LogP contribution is -2.27. The first-order valence-corrected chi connectivity index (χ1v) is 8.30. The average Bonchev–Trinajstić information content (AvgIpc) is 3.05. The SMILES string of the molecule is CN(C)C(=O)c1cc2c(c(CC[C@@H]3CCOC3)c1)CNCC2. The lowest BCUT2D eigenvalue weighted by atomic mass is 9.89. The molecule has 1 fully saturated rings. The second-order valence-electron chi connectivity index (χ2n) is 6.67. The number of rotatable bonds is 4. The smallest absolute Gasteiger partial charge is 0.253 e. The van der Waals surface area contributed by atoms with E-state index >= 15 is 0 Å². The van der Waals surface area contributed by atoms with Gasteiger partial charge in [0.1, 0.15) is 0 Å². The van der Waals surface area contributed by atoms with Crippen LogP contribution in [0.15, 0.2) is 12.1 Å². The molecule has 0 aliphatic carbocycles. The molecule has 2 heterocycles. The normalized spacial score (nSPS) is 20.7. The van der Waals surface area contributed by atoms with Crippen molar-refractivity contribution in [3.05, 3.63) is 34.4 Å². The summed E-state index contributed by atoms with van der Waals surface area (Å²) in [6, 6.07) is 4.21. The summed E-state index contributed by atoms with van der Waals surface area (Å²) in [6.45, 7) is 3.74. The van der Waals surface area contributed by atoms with Crippen LogP contribution in [0.3, 0.4) is 0 Å². The molecular weight excluding hydrogens is 276 g/mol. The number of carbonyl (C=O) groups is 1. The standard InChI is InChI=1S/C18H26N2O2/c1-20(2)18(21)16-9-14(4-3-13-6-8-22-12-13)17-11-19-7-5-15(17)10-16/h9-10,13,19H,3-8,11-12H2,1-2H3/t13-/m1/s1. The summed E-state index contributed by atoms with van der Waals surface area (Å²) in [4.78, 5) is 14.0. The maximum atomic E-state index is 12.3. The number of hydrogen-bond acceptors (Lipinski definition) is 3. The molecule has 1 saturated heterocycles. The minimum absolute atomic E-state index is 0.104.